The Morgan fingerprint density at radius 3 is 2.35 bits per heavy atom. The fourth-order valence-electron chi connectivity index (χ4n) is 2.70. The molecular formula is C18H29ClN2O2. The zero-order valence-electron chi connectivity index (χ0n) is 14.4. The van der Waals surface area contributed by atoms with E-state index < -0.39 is 0 Å². The molecule has 0 radical (unpaired) electrons. The van der Waals surface area contributed by atoms with Crippen molar-refractivity contribution in [2.24, 2.45) is 0 Å². The molecule has 1 fully saturated rings. The molecule has 0 spiro atoms. The van der Waals surface area contributed by atoms with Gasteiger partial charge in [-0.25, -0.2) is 0 Å². The predicted molar refractivity (Wildman–Crippen MR) is 96.2 cm³/mol. The van der Waals surface area contributed by atoms with Crippen molar-refractivity contribution >= 4 is 18.3 Å². The molecule has 0 bridgehead atoms. The Balaban J connectivity index is 0.00000264. The van der Waals surface area contributed by atoms with Gasteiger partial charge in [0.1, 0.15) is 5.75 Å². The second kappa shape index (κ2) is 9.14. The molecule has 0 heterocycles. The number of benzene rings is 1. The van der Waals surface area contributed by atoms with Crippen LogP contribution in [-0.2, 0) is 11.3 Å². The van der Waals surface area contributed by atoms with Gasteiger partial charge < -0.3 is 15.4 Å². The Bertz CT molecular complexity index is 477. The summed E-state index contributed by atoms with van der Waals surface area (Å²) in [4.78, 5) is 11.7. The van der Waals surface area contributed by atoms with Crippen molar-refractivity contribution in [3.63, 3.8) is 0 Å². The molecule has 2 N–H and O–H groups in total. The van der Waals surface area contributed by atoms with Gasteiger partial charge in [0.15, 0.2) is 6.61 Å². The molecule has 5 heteroatoms. The topological polar surface area (TPSA) is 50.4 Å². The molecule has 130 valence electrons. The van der Waals surface area contributed by atoms with Gasteiger partial charge in [0.2, 0.25) is 0 Å². The molecule has 1 aromatic rings. The average molecular weight is 341 g/mol. The quantitative estimate of drug-likeness (QED) is 0.834. The highest BCUT2D eigenvalue weighted by Gasteiger charge is 2.14. The van der Waals surface area contributed by atoms with E-state index in [0.717, 1.165) is 12.3 Å². The highest BCUT2D eigenvalue weighted by molar-refractivity contribution is 5.85. The zero-order chi connectivity index (χ0) is 16.0. The van der Waals surface area contributed by atoms with Crippen molar-refractivity contribution < 1.29 is 9.53 Å². The van der Waals surface area contributed by atoms with E-state index in [2.05, 4.69) is 22.8 Å². The van der Waals surface area contributed by atoms with E-state index in [-0.39, 0.29) is 30.5 Å². The van der Waals surface area contributed by atoms with Crippen LogP contribution in [0.2, 0.25) is 0 Å². The van der Waals surface area contributed by atoms with Crippen LogP contribution in [0.3, 0.4) is 0 Å². The lowest BCUT2D eigenvalue weighted by Gasteiger charge is -2.20. The molecule has 0 aliphatic heterocycles. The number of nitrogens with one attached hydrogen (secondary N) is 2. The molecule has 4 nitrogen and oxygen atoms in total. The van der Waals surface area contributed by atoms with Crippen molar-refractivity contribution in [2.45, 2.75) is 64.6 Å². The minimum absolute atomic E-state index is 0. The van der Waals surface area contributed by atoms with Crippen LogP contribution in [0.4, 0.5) is 0 Å². The normalized spacial score (nSPS) is 15.1. The molecule has 1 aromatic carbocycles. The number of halogens is 1. The lowest BCUT2D eigenvalue weighted by Crippen LogP contribution is -2.43. The van der Waals surface area contributed by atoms with Crippen LogP contribution < -0.4 is 15.4 Å². The number of hydrogen-bond donors (Lipinski definition) is 2. The predicted octanol–water partition coefficient (Wildman–Crippen LogP) is 3.43. The lowest BCUT2D eigenvalue weighted by molar-refractivity contribution is -0.124. The Hall–Kier alpha value is -1.26. The summed E-state index contributed by atoms with van der Waals surface area (Å²) >= 11 is 0. The molecule has 0 saturated heterocycles. The summed E-state index contributed by atoms with van der Waals surface area (Å²) in [5, 5.41) is 6.47. The molecule has 1 amide bonds. The summed E-state index contributed by atoms with van der Waals surface area (Å²) in [7, 11) is 0. The Morgan fingerprint density at radius 2 is 1.78 bits per heavy atom. The summed E-state index contributed by atoms with van der Waals surface area (Å²) in [6.45, 7) is 6.82. The van der Waals surface area contributed by atoms with Crippen molar-refractivity contribution in [1.29, 1.82) is 0 Å². The average Bonchev–Trinajstić information content (AvgIpc) is 2.95. The van der Waals surface area contributed by atoms with Crippen LogP contribution >= 0.6 is 12.4 Å². The van der Waals surface area contributed by atoms with Gasteiger partial charge in [-0.2, -0.15) is 0 Å². The summed E-state index contributed by atoms with van der Waals surface area (Å²) < 4.78 is 5.51. The molecule has 1 aliphatic carbocycles. The largest absolute Gasteiger partial charge is 0.484 e. The maximum atomic E-state index is 11.7. The van der Waals surface area contributed by atoms with Crippen molar-refractivity contribution in [3.05, 3.63) is 29.8 Å². The second-order valence-corrected chi connectivity index (χ2v) is 7.09. The van der Waals surface area contributed by atoms with Gasteiger partial charge >= 0.3 is 0 Å². The van der Waals surface area contributed by atoms with Crippen LogP contribution in [0.1, 0.15) is 52.0 Å². The van der Waals surface area contributed by atoms with Crippen LogP contribution in [0.25, 0.3) is 0 Å². The number of rotatable bonds is 6. The van der Waals surface area contributed by atoms with E-state index >= 15 is 0 Å². The van der Waals surface area contributed by atoms with Crippen molar-refractivity contribution in [2.75, 3.05) is 6.61 Å². The molecule has 23 heavy (non-hydrogen) atoms. The van der Waals surface area contributed by atoms with Crippen LogP contribution in [0, 0.1) is 0 Å². The van der Waals surface area contributed by atoms with Crippen LogP contribution in [0.5, 0.6) is 5.75 Å². The molecule has 2 rings (SSSR count). The van der Waals surface area contributed by atoms with E-state index in [1.807, 2.05) is 32.9 Å². The van der Waals surface area contributed by atoms with Gasteiger partial charge in [-0.05, 0) is 51.3 Å². The summed E-state index contributed by atoms with van der Waals surface area (Å²) in [6, 6.07) is 8.64. The first-order valence-electron chi connectivity index (χ1n) is 8.18. The third-order valence-corrected chi connectivity index (χ3v) is 3.76. The molecule has 1 aliphatic rings. The SMILES string of the molecule is CC(C)(C)NC(=O)COc1ccc(CNC2CCCC2)cc1.Cl. The van der Waals surface area contributed by atoms with Crippen molar-refractivity contribution in [1.82, 2.24) is 10.6 Å². The van der Waals surface area contributed by atoms with Gasteiger partial charge in [-0.15, -0.1) is 12.4 Å². The summed E-state index contributed by atoms with van der Waals surface area (Å²) in [5.41, 5.74) is 1.02. The van der Waals surface area contributed by atoms with Gasteiger partial charge in [-0.1, -0.05) is 25.0 Å². The monoisotopic (exact) mass is 340 g/mol. The fourth-order valence-corrected chi connectivity index (χ4v) is 2.70. The Kier molecular flexibility index (Phi) is 7.86. The first-order valence-corrected chi connectivity index (χ1v) is 8.18. The summed E-state index contributed by atoms with van der Waals surface area (Å²) in [5.74, 6) is 0.633. The highest BCUT2D eigenvalue weighted by Crippen LogP contribution is 2.18. The maximum Gasteiger partial charge on any atom is 0.258 e. The van der Waals surface area contributed by atoms with Crippen LogP contribution in [0.15, 0.2) is 24.3 Å². The first-order chi connectivity index (χ1) is 10.4. The highest BCUT2D eigenvalue weighted by atomic mass is 35.5. The number of ether oxygens (including phenoxy) is 1. The molecule has 0 aromatic heterocycles. The Morgan fingerprint density at radius 1 is 1.17 bits per heavy atom. The van der Waals surface area contributed by atoms with Gasteiger partial charge in [0, 0.05) is 18.1 Å². The molecular weight excluding hydrogens is 312 g/mol. The van der Waals surface area contributed by atoms with E-state index in [9.17, 15) is 4.79 Å². The van der Waals surface area contributed by atoms with E-state index in [1.54, 1.807) is 0 Å². The van der Waals surface area contributed by atoms with E-state index in [4.69, 9.17) is 4.74 Å². The minimum atomic E-state index is -0.226. The Labute approximate surface area is 145 Å². The minimum Gasteiger partial charge on any atom is -0.484 e. The van der Waals surface area contributed by atoms with E-state index in [0.29, 0.717) is 6.04 Å². The zero-order valence-corrected chi connectivity index (χ0v) is 15.2. The van der Waals surface area contributed by atoms with Gasteiger partial charge in [0.25, 0.3) is 5.91 Å². The smallest absolute Gasteiger partial charge is 0.258 e. The van der Waals surface area contributed by atoms with E-state index in [1.165, 1.54) is 31.2 Å². The number of amides is 1. The van der Waals surface area contributed by atoms with Gasteiger partial charge in [0.05, 0.1) is 0 Å². The third-order valence-electron chi connectivity index (χ3n) is 3.76. The molecule has 0 atom stereocenters. The second-order valence-electron chi connectivity index (χ2n) is 7.09. The molecule has 1 saturated carbocycles. The number of hydrogen-bond acceptors (Lipinski definition) is 3. The standard InChI is InChI=1S/C18H28N2O2.ClH/c1-18(2,3)20-17(21)13-22-16-10-8-14(9-11-16)12-19-15-6-4-5-7-15;/h8-11,15,19H,4-7,12-13H2,1-3H3,(H,20,21);1H. The number of carbonyl (C=O) groups is 1. The lowest BCUT2D eigenvalue weighted by atomic mass is 10.1. The van der Waals surface area contributed by atoms with Crippen molar-refractivity contribution in [3.8, 4) is 5.75 Å². The van der Waals surface area contributed by atoms with Crippen LogP contribution in [-0.4, -0.2) is 24.1 Å². The maximum absolute atomic E-state index is 11.7. The first kappa shape index (κ1) is 19.8. The third kappa shape index (κ3) is 7.71. The number of carbonyl (C=O) groups excluding carboxylic acids is 1. The fraction of sp³-hybridized carbons (Fsp3) is 0.611. The molecule has 0 unspecified atom stereocenters. The van der Waals surface area contributed by atoms with Gasteiger partial charge in [-0.3, -0.25) is 4.79 Å². The summed E-state index contributed by atoms with van der Waals surface area (Å²) in [6.07, 6.45) is 5.29.